The fourth-order valence-electron chi connectivity index (χ4n) is 6.58. The second-order valence-corrected chi connectivity index (χ2v) is 10.00. The van der Waals surface area contributed by atoms with E-state index in [0.717, 1.165) is 42.5 Å². The predicted molar refractivity (Wildman–Crippen MR) is 128 cm³/mol. The maximum absolute atomic E-state index is 13.6. The minimum absolute atomic E-state index is 0.0626. The van der Waals surface area contributed by atoms with Gasteiger partial charge in [0.1, 0.15) is 11.9 Å². The Hall–Kier alpha value is -3.18. The lowest BCUT2D eigenvalue weighted by molar-refractivity contribution is -0.144. The summed E-state index contributed by atoms with van der Waals surface area (Å²) in [7, 11) is 0. The number of halogens is 1. The highest BCUT2D eigenvalue weighted by molar-refractivity contribution is 5.75. The monoisotopic (exact) mass is 460 g/mol. The molecule has 0 unspecified atom stereocenters. The van der Waals surface area contributed by atoms with Crippen LogP contribution in [0.25, 0.3) is 27.6 Å². The van der Waals surface area contributed by atoms with Gasteiger partial charge in [-0.25, -0.2) is 4.39 Å². The molecule has 2 aliphatic carbocycles. The summed E-state index contributed by atoms with van der Waals surface area (Å²) in [6.45, 7) is 2.56. The molecule has 34 heavy (non-hydrogen) atoms. The van der Waals surface area contributed by atoms with Crippen molar-refractivity contribution in [2.45, 2.75) is 38.7 Å². The van der Waals surface area contributed by atoms with Gasteiger partial charge in [0.2, 0.25) is 0 Å². The van der Waals surface area contributed by atoms with E-state index in [1.807, 2.05) is 25.1 Å². The molecule has 0 spiro atoms. The molecule has 176 valence electrons. The Balaban J connectivity index is 1.37. The van der Waals surface area contributed by atoms with Crippen LogP contribution in [-0.4, -0.2) is 23.6 Å². The number of nitrogens with zero attached hydrogens (tertiary/aromatic N) is 4. The van der Waals surface area contributed by atoms with E-state index in [9.17, 15) is 9.18 Å². The molecule has 5 rings (SSSR count). The SMILES string of the molecule is C[C@H]1OC(=O)[C@@H]2C[C@@H]3C[C@H](CN=[N+]=[N-])CC[C@H]3[C@H](C=Cc3ccc(-c4cccc(F)c4)cn3)[C@H]12. The Morgan fingerprint density at radius 3 is 2.88 bits per heavy atom. The van der Waals surface area contributed by atoms with Crippen molar-refractivity contribution in [1.82, 2.24) is 4.98 Å². The lowest BCUT2D eigenvalue weighted by atomic mass is 9.56. The van der Waals surface area contributed by atoms with Gasteiger partial charge in [0.25, 0.3) is 0 Å². The molecule has 1 aromatic heterocycles. The molecule has 3 aliphatic rings. The maximum Gasteiger partial charge on any atom is 0.309 e. The van der Waals surface area contributed by atoms with Gasteiger partial charge in [0, 0.05) is 29.1 Å². The third-order valence-electron chi connectivity index (χ3n) is 8.09. The zero-order chi connectivity index (χ0) is 23.7. The highest BCUT2D eigenvalue weighted by Crippen LogP contribution is 2.54. The molecule has 7 heteroatoms. The zero-order valence-corrected chi connectivity index (χ0v) is 19.3. The van der Waals surface area contributed by atoms with Crippen molar-refractivity contribution in [3.8, 4) is 11.1 Å². The van der Waals surface area contributed by atoms with E-state index in [4.69, 9.17) is 10.3 Å². The van der Waals surface area contributed by atoms with Crippen LogP contribution in [0.4, 0.5) is 4.39 Å². The third kappa shape index (κ3) is 4.45. The highest BCUT2D eigenvalue weighted by Gasteiger charge is 2.54. The van der Waals surface area contributed by atoms with Crippen molar-refractivity contribution in [3.63, 3.8) is 0 Å². The quantitative estimate of drug-likeness (QED) is 0.223. The largest absolute Gasteiger partial charge is 0.462 e. The average molecular weight is 461 g/mol. The van der Waals surface area contributed by atoms with E-state index >= 15 is 0 Å². The van der Waals surface area contributed by atoms with E-state index < -0.39 is 0 Å². The molecule has 1 aliphatic heterocycles. The molecular weight excluding hydrogens is 431 g/mol. The minimum atomic E-state index is -0.264. The highest BCUT2D eigenvalue weighted by atomic mass is 19.1. The Labute approximate surface area is 198 Å². The summed E-state index contributed by atoms with van der Waals surface area (Å²) in [6, 6.07) is 10.4. The fraction of sp³-hybridized carbons (Fsp3) is 0.481. The molecule has 1 aromatic carbocycles. The number of fused-ring (bicyclic) bond motifs is 2. The van der Waals surface area contributed by atoms with Gasteiger partial charge in [0.15, 0.2) is 0 Å². The van der Waals surface area contributed by atoms with Crippen LogP contribution in [0.15, 0.2) is 53.8 Å². The number of ether oxygens (including phenoxy) is 1. The lowest BCUT2D eigenvalue weighted by Crippen LogP contribution is -2.44. The summed E-state index contributed by atoms with van der Waals surface area (Å²) in [6.07, 6.45) is 9.97. The summed E-state index contributed by atoms with van der Waals surface area (Å²) in [5.41, 5.74) is 11.2. The van der Waals surface area contributed by atoms with E-state index in [1.165, 1.54) is 12.1 Å². The van der Waals surface area contributed by atoms with E-state index in [1.54, 1.807) is 12.3 Å². The van der Waals surface area contributed by atoms with Gasteiger partial charge in [-0.1, -0.05) is 35.8 Å². The molecule has 6 nitrogen and oxygen atoms in total. The molecule has 2 aromatic rings. The molecule has 7 atom stereocenters. The molecule has 1 saturated heterocycles. The first-order valence-corrected chi connectivity index (χ1v) is 12.1. The molecule has 2 heterocycles. The van der Waals surface area contributed by atoms with E-state index in [2.05, 4.69) is 27.2 Å². The molecule has 3 fully saturated rings. The number of azide groups is 1. The van der Waals surface area contributed by atoms with Gasteiger partial charge < -0.3 is 4.74 Å². The number of pyridine rings is 1. The predicted octanol–water partition coefficient (Wildman–Crippen LogP) is 6.44. The molecule has 0 amide bonds. The van der Waals surface area contributed by atoms with E-state index in [0.29, 0.717) is 24.3 Å². The summed E-state index contributed by atoms with van der Waals surface area (Å²) in [4.78, 5) is 20.1. The fourth-order valence-corrected chi connectivity index (χ4v) is 6.58. The third-order valence-corrected chi connectivity index (χ3v) is 8.09. The van der Waals surface area contributed by atoms with E-state index in [-0.39, 0.29) is 35.6 Å². The van der Waals surface area contributed by atoms with Crippen molar-refractivity contribution in [3.05, 3.63) is 70.6 Å². The number of hydrogen-bond acceptors (Lipinski definition) is 4. The Morgan fingerprint density at radius 1 is 1.24 bits per heavy atom. The number of benzene rings is 1. The minimum Gasteiger partial charge on any atom is -0.462 e. The van der Waals surface area contributed by atoms with Crippen LogP contribution in [0.2, 0.25) is 0 Å². The number of carbonyl (C=O) groups excluding carboxylic acids is 1. The van der Waals surface area contributed by atoms with Gasteiger partial charge >= 0.3 is 5.97 Å². The van der Waals surface area contributed by atoms with Crippen molar-refractivity contribution in [2.75, 3.05) is 6.54 Å². The Bertz CT molecular complexity index is 1130. The van der Waals surface area contributed by atoms with Crippen molar-refractivity contribution < 1.29 is 13.9 Å². The Morgan fingerprint density at radius 2 is 2.12 bits per heavy atom. The Kier molecular flexibility index (Phi) is 6.38. The first-order chi connectivity index (χ1) is 16.5. The van der Waals surface area contributed by atoms with Gasteiger partial charge in [-0.2, -0.15) is 0 Å². The zero-order valence-electron chi connectivity index (χ0n) is 19.3. The standard InChI is InChI=1S/C27H29FN4O2/c1-16-26-24(10-8-22-7-6-19(15-30-22)18-3-2-4-21(28)12-18)23-9-5-17(14-31-32-29)11-20(23)13-25(26)27(33)34-16/h2-4,6-8,10,12,15-17,20,23-26H,5,9,11,13-14H2,1H3/t16-,17-,20+,23-,24+,25-,26+/m1/s1. The van der Waals surface area contributed by atoms with Crippen molar-refractivity contribution in [2.24, 2.45) is 40.6 Å². The van der Waals surface area contributed by atoms with Crippen LogP contribution >= 0.6 is 0 Å². The number of cyclic esters (lactones) is 1. The number of allylic oxidation sites excluding steroid dienone is 1. The normalized spacial score (nSPS) is 32.5. The number of carbonyl (C=O) groups is 1. The molecular formula is C27H29FN4O2. The molecule has 0 N–H and O–H groups in total. The number of esters is 1. The average Bonchev–Trinajstić information content (AvgIpc) is 3.13. The van der Waals surface area contributed by atoms with Crippen LogP contribution < -0.4 is 0 Å². The van der Waals surface area contributed by atoms with Crippen LogP contribution in [-0.2, 0) is 9.53 Å². The number of aromatic nitrogens is 1. The van der Waals surface area contributed by atoms with Crippen molar-refractivity contribution in [1.29, 1.82) is 0 Å². The second-order valence-electron chi connectivity index (χ2n) is 10.00. The van der Waals surface area contributed by atoms with Gasteiger partial charge in [-0.05, 0) is 85.2 Å². The number of hydrogen-bond donors (Lipinski definition) is 0. The van der Waals surface area contributed by atoms with Gasteiger partial charge in [-0.15, -0.1) is 0 Å². The van der Waals surface area contributed by atoms with Crippen LogP contribution in [0.3, 0.4) is 0 Å². The number of rotatable bonds is 5. The maximum atomic E-state index is 13.6. The molecule has 0 radical (unpaired) electrons. The van der Waals surface area contributed by atoms with Gasteiger partial charge in [-0.3, -0.25) is 9.78 Å². The first kappa shape index (κ1) is 22.6. The summed E-state index contributed by atoms with van der Waals surface area (Å²) in [5, 5.41) is 3.80. The van der Waals surface area contributed by atoms with Crippen LogP contribution in [0.1, 0.15) is 38.3 Å². The summed E-state index contributed by atoms with van der Waals surface area (Å²) >= 11 is 0. The molecule has 0 bridgehead atoms. The first-order valence-electron chi connectivity index (χ1n) is 12.1. The smallest absolute Gasteiger partial charge is 0.309 e. The lowest BCUT2D eigenvalue weighted by Gasteiger charge is -2.47. The second kappa shape index (κ2) is 9.59. The topological polar surface area (TPSA) is 88.0 Å². The van der Waals surface area contributed by atoms with Crippen LogP contribution in [0, 0.1) is 41.3 Å². The summed E-state index contributed by atoms with van der Waals surface area (Å²) in [5.74, 6) is 1.36. The summed E-state index contributed by atoms with van der Waals surface area (Å²) < 4.78 is 19.2. The van der Waals surface area contributed by atoms with Gasteiger partial charge in [0.05, 0.1) is 11.6 Å². The van der Waals surface area contributed by atoms with Crippen molar-refractivity contribution >= 4 is 12.0 Å². The molecule has 2 saturated carbocycles. The van der Waals surface area contributed by atoms with Crippen LogP contribution in [0.5, 0.6) is 0 Å².